The Hall–Kier alpha value is -0.540. The van der Waals surface area contributed by atoms with E-state index in [4.69, 9.17) is 0 Å². The molecule has 18 heavy (non-hydrogen) atoms. The van der Waals surface area contributed by atoms with Crippen LogP contribution in [-0.4, -0.2) is 25.2 Å². The van der Waals surface area contributed by atoms with Gasteiger partial charge in [0.05, 0.1) is 0 Å². The molecule has 0 aromatic heterocycles. The van der Waals surface area contributed by atoms with Crippen molar-refractivity contribution < 1.29 is 0 Å². The van der Waals surface area contributed by atoms with Gasteiger partial charge < -0.3 is 10.2 Å². The molecule has 0 spiro atoms. The first-order valence-corrected chi connectivity index (χ1v) is 7.65. The van der Waals surface area contributed by atoms with Crippen molar-refractivity contribution in [2.75, 3.05) is 24.5 Å². The molecular weight excluding hydrogens is 288 g/mol. The van der Waals surface area contributed by atoms with Gasteiger partial charge in [-0.3, -0.25) is 0 Å². The van der Waals surface area contributed by atoms with Crippen molar-refractivity contribution in [3.8, 4) is 0 Å². The van der Waals surface area contributed by atoms with Gasteiger partial charge in [0, 0.05) is 35.3 Å². The van der Waals surface area contributed by atoms with E-state index in [1.165, 1.54) is 22.1 Å². The van der Waals surface area contributed by atoms with Crippen molar-refractivity contribution in [2.45, 2.75) is 39.2 Å². The zero-order valence-corrected chi connectivity index (χ0v) is 13.2. The predicted octanol–water partition coefficient (Wildman–Crippen LogP) is 3.59. The number of benzene rings is 1. The van der Waals surface area contributed by atoms with Crippen molar-refractivity contribution in [2.24, 2.45) is 0 Å². The fraction of sp³-hybridized carbons (Fsp3) is 0.600. The highest BCUT2D eigenvalue weighted by atomic mass is 79.9. The van der Waals surface area contributed by atoms with E-state index in [-0.39, 0.29) is 5.54 Å². The summed E-state index contributed by atoms with van der Waals surface area (Å²) in [5.41, 5.74) is 3.09. The quantitative estimate of drug-likeness (QED) is 0.918. The van der Waals surface area contributed by atoms with E-state index >= 15 is 0 Å². The SMILES string of the molecule is CCc1cc(Br)ccc1N1CCNC(C)(CC)C1. The Morgan fingerprint density at radius 1 is 1.39 bits per heavy atom. The van der Waals surface area contributed by atoms with Gasteiger partial charge in [0.15, 0.2) is 0 Å². The average Bonchev–Trinajstić information content (AvgIpc) is 2.38. The van der Waals surface area contributed by atoms with Crippen molar-refractivity contribution in [1.29, 1.82) is 0 Å². The van der Waals surface area contributed by atoms with Crippen LogP contribution in [0.5, 0.6) is 0 Å². The minimum Gasteiger partial charge on any atom is -0.368 e. The second kappa shape index (κ2) is 5.62. The van der Waals surface area contributed by atoms with Gasteiger partial charge in [0.1, 0.15) is 0 Å². The Morgan fingerprint density at radius 2 is 2.17 bits per heavy atom. The maximum Gasteiger partial charge on any atom is 0.0400 e. The number of nitrogens with one attached hydrogen (secondary N) is 1. The number of nitrogens with zero attached hydrogens (tertiary/aromatic N) is 1. The monoisotopic (exact) mass is 310 g/mol. The number of hydrogen-bond acceptors (Lipinski definition) is 2. The molecule has 0 saturated carbocycles. The van der Waals surface area contributed by atoms with Gasteiger partial charge in [-0.25, -0.2) is 0 Å². The number of hydrogen-bond donors (Lipinski definition) is 1. The maximum absolute atomic E-state index is 3.64. The highest BCUT2D eigenvalue weighted by molar-refractivity contribution is 9.10. The van der Waals surface area contributed by atoms with Crippen molar-refractivity contribution >= 4 is 21.6 Å². The molecule has 1 aliphatic rings. The number of halogens is 1. The first-order valence-electron chi connectivity index (χ1n) is 6.86. The molecule has 2 nitrogen and oxygen atoms in total. The predicted molar refractivity (Wildman–Crippen MR) is 82.4 cm³/mol. The summed E-state index contributed by atoms with van der Waals surface area (Å²) >= 11 is 3.57. The lowest BCUT2D eigenvalue weighted by Gasteiger charge is -2.43. The molecule has 1 saturated heterocycles. The molecule has 1 unspecified atom stereocenters. The summed E-state index contributed by atoms with van der Waals surface area (Å²) in [5.74, 6) is 0. The molecule has 1 atom stereocenters. The summed E-state index contributed by atoms with van der Waals surface area (Å²) in [4.78, 5) is 2.53. The molecule has 0 amide bonds. The smallest absolute Gasteiger partial charge is 0.0400 e. The number of aryl methyl sites for hydroxylation is 1. The molecule has 3 heteroatoms. The first-order chi connectivity index (χ1) is 8.58. The van der Waals surface area contributed by atoms with Crippen LogP contribution in [0.1, 0.15) is 32.8 Å². The zero-order chi connectivity index (χ0) is 13.2. The van der Waals surface area contributed by atoms with E-state index in [9.17, 15) is 0 Å². The fourth-order valence-electron chi connectivity index (χ4n) is 2.64. The zero-order valence-electron chi connectivity index (χ0n) is 11.6. The lowest BCUT2D eigenvalue weighted by molar-refractivity contribution is 0.314. The van der Waals surface area contributed by atoms with E-state index in [0.29, 0.717) is 0 Å². The lowest BCUT2D eigenvalue weighted by Crippen LogP contribution is -2.58. The van der Waals surface area contributed by atoms with Gasteiger partial charge in [-0.15, -0.1) is 0 Å². The summed E-state index contributed by atoms with van der Waals surface area (Å²) < 4.78 is 1.18. The molecular formula is C15H23BrN2. The van der Waals surface area contributed by atoms with Gasteiger partial charge in [0.2, 0.25) is 0 Å². The summed E-state index contributed by atoms with van der Waals surface area (Å²) in [6, 6.07) is 6.66. The Balaban J connectivity index is 2.25. The summed E-state index contributed by atoms with van der Waals surface area (Å²) in [5, 5.41) is 3.64. The highest BCUT2D eigenvalue weighted by Gasteiger charge is 2.29. The molecule has 0 aliphatic carbocycles. The topological polar surface area (TPSA) is 15.3 Å². The highest BCUT2D eigenvalue weighted by Crippen LogP contribution is 2.28. The second-order valence-electron chi connectivity index (χ2n) is 5.39. The molecule has 1 N–H and O–H groups in total. The maximum atomic E-state index is 3.64. The van der Waals surface area contributed by atoms with Gasteiger partial charge in [-0.05, 0) is 43.5 Å². The van der Waals surface area contributed by atoms with Crippen LogP contribution in [0.4, 0.5) is 5.69 Å². The van der Waals surface area contributed by atoms with Crippen LogP contribution in [0.3, 0.4) is 0 Å². The Bertz CT molecular complexity index is 419. The molecule has 1 aromatic carbocycles. The summed E-state index contributed by atoms with van der Waals surface area (Å²) in [7, 11) is 0. The first kappa shape index (κ1) is 13.9. The van der Waals surface area contributed by atoms with Gasteiger partial charge in [-0.2, -0.15) is 0 Å². The number of piperazine rings is 1. The summed E-state index contributed by atoms with van der Waals surface area (Å²) in [6.07, 6.45) is 2.25. The molecule has 1 aromatic rings. The van der Waals surface area contributed by atoms with Crippen LogP contribution in [0.2, 0.25) is 0 Å². The van der Waals surface area contributed by atoms with Crippen LogP contribution in [0.15, 0.2) is 22.7 Å². The van der Waals surface area contributed by atoms with Crippen LogP contribution in [0, 0.1) is 0 Å². The largest absolute Gasteiger partial charge is 0.368 e. The Kier molecular flexibility index (Phi) is 4.33. The fourth-order valence-corrected chi connectivity index (χ4v) is 3.05. The van der Waals surface area contributed by atoms with Crippen molar-refractivity contribution in [3.05, 3.63) is 28.2 Å². The standard InChI is InChI=1S/C15H23BrN2/c1-4-12-10-13(16)6-7-14(12)18-9-8-17-15(3,5-2)11-18/h6-7,10,17H,4-5,8-9,11H2,1-3H3. The molecule has 2 rings (SSSR count). The third-order valence-electron chi connectivity index (χ3n) is 4.02. The van der Waals surface area contributed by atoms with Crippen molar-refractivity contribution in [1.82, 2.24) is 5.32 Å². The average molecular weight is 311 g/mol. The van der Waals surface area contributed by atoms with Crippen LogP contribution in [-0.2, 0) is 6.42 Å². The second-order valence-corrected chi connectivity index (χ2v) is 6.30. The van der Waals surface area contributed by atoms with Gasteiger partial charge in [-0.1, -0.05) is 29.8 Å². The minimum atomic E-state index is 0.246. The molecule has 100 valence electrons. The van der Waals surface area contributed by atoms with E-state index in [0.717, 1.165) is 26.1 Å². The normalized spacial score (nSPS) is 24.3. The molecule has 1 aliphatic heterocycles. The molecule has 1 fully saturated rings. The third kappa shape index (κ3) is 2.89. The van der Waals surface area contributed by atoms with E-state index < -0.39 is 0 Å². The van der Waals surface area contributed by atoms with Gasteiger partial charge in [0.25, 0.3) is 0 Å². The number of rotatable bonds is 3. The summed E-state index contributed by atoms with van der Waals surface area (Å²) in [6.45, 7) is 10.1. The van der Waals surface area contributed by atoms with Crippen LogP contribution >= 0.6 is 15.9 Å². The minimum absolute atomic E-state index is 0.246. The molecule has 0 radical (unpaired) electrons. The van der Waals surface area contributed by atoms with Crippen LogP contribution in [0.25, 0.3) is 0 Å². The number of anilines is 1. The molecule has 1 heterocycles. The van der Waals surface area contributed by atoms with Gasteiger partial charge >= 0.3 is 0 Å². The third-order valence-corrected chi connectivity index (χ3v) is 4.51. The molecule has 0 bridgehead atoms. The van der Waals surface area contributed by atoms with E-state index in [1.807, 2.05) is 0 Å². The van der Waals surface area contributed by atoms with Crippen LogP contribution < -0.4 is 10.2 Å². The van der Waals surface area contributed by atoms with Crippen molar-refractivity contribution in [3.63, 3.8) is 0 Å². The Labute approximate surface area is 119 Å². The Morgan fingerprint density at radius 3 is 2.83 bits per heavy atom. The van der Waals surface area contributed by atoms with E-state index in [1.54, 1.807) is 0 Å². The van der Waals surface area contributed by atoms with E-state index in [2.05, 4.69) is 65.1 Å². The lowest BCUT2D eigenvalue weighted by atomic mass is 9.95.